The van der Waals surface area contributed by atoms with Crippen molar-refractivity contribution < 1.29 is 14.3 Å². The van der Waals surface area contributed by atoms with E-state index in [1.807, 2.05) is 69.2 Å². The maximum absolute atomic E-state index is 13.7. The number of aromatic nitrogens is 2. The lowest BCUT2D eigenvalue weighted by molar-refractivity contribution is -0.147. The normalized spacial score (nSPS) is 20.5. The summed E-state index contributed by atoms with van der Waals surface area (Å²) in [5.41, 5.74) is 2.92. The van der Waals surface area contributed by atoms with Crippen molar-refractivity contribution in [2.75, 3.05) is 39.4 Å². The van der Waals surface area contributed by atoms with Crippen LogP contribution in [0, 0.1) is 11.3 Å². The van der Waals surface area contributed by atoms with Crippen LogP contribution in [-0.2, 0) is 27.2 Å². The molecule has 7 nitrogen and oxygen atoms in total. The summed E-state index contributed by atoms with van der Waals surface area (Å²) in [5.74, 6) is 0.576. The minimum absolute atomic E-state index is 0.142. The molecule has 2 saturated heterocycles. The Balaban J connectivity index is 1.20. The van der Waals surface area contributed by atoms with Crippen molar-refractivity contribution >= 4 is 17.3 Å². The van der Waals surface area contributed by atoms with Crippen LogP contribution in [-0.4, -0.2) is 70.6 Å². The first kappa shape index (κ1) is 23.5. The number of rotatable bonds is 5. The first-order valence-electron chi connectivity index (χ1n) is 12.6. The molecule has 0 aliphatic carbocycles. The number of amides is 2. The molecule has 35 heavy (non-hydrogen) atoms. The molecule has 4 heterocycles. The molecule has 7 heteroatoms. The van der Waals surface area contributed by atoms with Gasteiger partial charge in [0.1, 0.15) is 0 Å². The Hall–Kier alpha value is -3.19. The SMILES string of the molecule is CC1(C(=O)N2CCOCC(Cc3cccn4nccc34)C2)CCN(C(=O)Cc2ccccc2)CC1. The average Bonchev–Trinajstić information content (AvgIpc) is 3.24. The fourth-order valence-electron chi connectivity index (χ4n) is 5.41. The zero-order valence-corrected chi connectivity index (χ0v) is 20.4. The second-order valence-corrected chi connectivity index (χ2v) is 10.2. The molecule has 0 bridgehead atoms. The summed E-state index contributed by atoms with van der Waals surface area (Å²) in [4.78, 5) is 30.4. The lowest BCUT2D eigenvalue weighted by Crippen LogP contribution is -2.51. The molecule has 0 radical (unpaired) electrons. The summed E-state index contributed by atoms with van der Waals surface area (Å²) in [6.45, 7) is 5.87. The maximum atomic E-state index is 13.7. The van der Waals surface area contributed by atoms with Crippen LogP contribution in [0.3, 0.4) is 0 Å². The summed E-state index contributed by atoms with van der Waals surface area (Å²) in [6, 6.07) is 16.0. The monoisotopic (exact) mass is 474 g/mol. The lowest BCUT2D eigenvalue weighted by Gasteiger charge is -2.41. The number of fused-ring (bicyclic) bond motifs is 1. The molecule has 184 valence electrons. The topological polar surface area (TPSA) is 67.2 Å². The van der Waals surface area contributed by atoms with E-state index in [0.29, 0.717) is 58.7 Å². The molecule has 2 aliphatic heterocycles. The number of carbonyl (C=O) groups excluding carboxylic acids is 2. The van der Waals surface area contributed by atoms with Gasteiger partial charge in [-0.2, -0.15) is 5.10 Å². The van der Waals surface area contributed by atoms with Crippen LogP contribution >= 0.6 is 0 Å². The van der Waals surface area contributed by atoms with Crippen LogP contribution in [0.25, 0.3) is 5.52 Å². The largest absolute Gasteiger partial charge is 0.379 e. The lowest BCUT2D eigenvalue weighted by atomic mass is 9.78. The van der Waals surface area contributed by atoms with Crippen molar-refractivity contribution in [1.29, 1.82) is 0 Å². The number of likely N-dealkylation sites (tertiary alicyclic amines) is 1. The van der Waals surface area contributed by atoms with Gasteiger partial charge in [-0.25, -0.2) is 4.52 Å². The zero-order chi connectivity index (χ0) is 24.3. The summed E-state index contributed by atoms with van der Waals surface area (Å²) < 4.78 is 7.80. The van der Waals surface area contributed by atoms with Crippen LogP contribution in [0.4, 0.5) is 0 Å². The molecule has 2 aliphatic rings. The highest BCUT2D eigenvalue weighted by Gasteiger charge is 2.41. The molecule has 2 aromatic heterocycles. The molecule has 2 fully saturated rings. The van der Waals surface area contributed by atoms with E-state index in [-0.39, 0.29) is 17.7 Å². The van der Waals surface area contributed by atoms with Gasteiger partial charge in [0.15, 0.2) is 0 Å². The highest BCUT2D eigenvalue weighted by atomic mass is 16.5. The molecule has 1 atom stereocenters. The Bertz CT molecular complexity index is 1170. The molecule has 2 amide bonds. The van der Waals surface area contributed by atoms with Crippen LogP contribution in [0.2, 0.25) is 0 Å². The maximum Gasteiger partial charge on any atom is 0.228 e. The second kappa shape index (κ2) is 10.2. The predicted molar refractivity (Wildman–Crippen MR) is 134 cm³/mol. The number of piperidine rings is 1. The Labute approximate surface area is 206 Å². The third-order valence-electron chi connectivity index (χ3n) is 7.59. The highest BCUT2D eigenvalue weighted by Crippen LogP contribution is 2.34. The summed E-state index contributed by atoms with van der Waals surface area (Å²) in [7, 11) is 0. The van der Waals surface area contributed by atoms with E-state index in [1.54, 1.807) is 0 Å². The van der Waals surface area contributed by atoms with Gasteiger partial charge in [0.25, 0.3) is 0 Å². The van der Waals surface area contributed by atoms with Crippen molar-refractivity contribution in [3.63, 3.8) is 0 Å². The quantitative estimate of drug-likeness (QED) is 0.570. The summed E-state index contributed by atoms with van der Waals surface area (Å²) in [6.07, 6.45) is 6.43. The van der Waals surface area contributed by atoms with Gasteiger partial charge in [0.05, 0.1) is 25.2 Å². The molecular formula is C28H34N4O3. The van der Waals surface area contributed by atoms with E-state index < -0.39 is 5.41 Å². The van der Waals surface area contributed by atoms with Gasteiger partial charge >= 0.3 is 0 Å². The highest BCUT2D eigenvalue weighted by molar-refractivity contribution is 5.83. The number of pyridine rings is 1. The van der Waals surface area contributed by atoms with Gasteiger partial charge in [-0.15, -0.1) is 0 Å². The van der Waals surface area contributed by atoms with E-state index in [4.69, 9.17) is 4.74 Å². The third kappa shape index (κ3) is 5.25. The fraction of sp³-hybridized carbons (Fsp3) is 0.464. The number of nitrogens with zero attached hydrogens (tertiary/aromatic N) is 4. The summed E-state index contributed by atoms with van der Waals surface area (Å²) >= 11 is 0. The minimum atomic E-state index is -0.441. The number of carbonyl (C=O) groups is 2. The smallest absolute Gasteiger partial charge is 0.228 e. The van der Waals surface area contributed by atoms with Crippen molar-refractivity contribution in [2.45, 2.75) is 32.6 Å². The fourth-order valence-corrected chi connectivity index (χ4v) is 5.41. The molecule has 0 N–H and O–H groups in total. The number of benzene rings is 1. The molecule has 0 saturated carbocycles. The van der Waals surface area contributed by atoms with Gasteiger partial charge in [-0.1, -0.05) is 43.3 Å². The molecule has 0 spiro atoms. The number of hydrogen-bond donors (Lipinski definition) is 0. The van der Waals surface area contributed by atoms with Crippen molar-refractivity contribution in [3.05, 3.63) is 72.1 Å². The molecule has 5 rings (SSSR count). The number of hydrogen-bond acceptors (Lipinski definition) is 4. The Morgan fingerprint density at radius 2 is 1.83 bits per heavy atom. The van der Waals surface area contributed by atoms with Crippen molar-refractivity contribution in [2.24, 2.45) is 11.3 Å². The first-order valence-corrected chi connectivity index (χ1v) is 12.6. The Morgan fingerprint density at radius 3 is 2.63 bits per heavy atom. The van der Waals surface area contributed by atoms with E-state index in [9.17, 15) is 9.59 Å². The molecule has 3 aromatic rings. The first-order chi connectivity index (χ1) is 17.0. The van der Waals surface area contributed by atoms with Crippen LogP contribution in [0.1, 0.15) is 30.9 Å². The van der Waals surface area contributed by atoms with Gasteiger partial charge in [-0.3, -0.25) is 9.59 Å². The minimum Gasteiger partial charge on any atom is -0.379 e. The third-order valence-corrected chi connectivity index (χ3v) is 7.59. The molecular weight excluding hydrogens is 440 g/mol. The van der Waals surface area contributed by atoms with Crippen LogP contribution in [0.15, 0.2) is 60.9 Å². The van der Waals surface area contributed by atoms with E-state index in [0.717, 1.165) is 17.5 Å². The van der Waals surface area contributed by atoms with Crippen LogP contribution in [0.5, 0.6) is 0 Å². The van der Waals surface area contributed by atoms with Gasteiger partial charge in [0, 0.05) is 49.9 Å². The Morgan fingerprint density at radius 1 is 1.03 bits per heavy atom. The zero-order valence-electron chi connectivity index (χ0n) is 20.4. The number of ether oxygens (including phenoxy) is 1. The average molecular weight is 475 g/mol. The van der Waals surface area contributed by atoms with Gasteiger partial charge < -0.3 is 14.5 Å². The second-order valence-electron chi connectivity index (χ2n) is 10.2. The summed E-state index contributed by atoms with van der Waals surface area (Å²) in [5, 5.41) is 4.34. The Kier molecular flexibility index (Phi) is 6.86. The van der Waals surface area contributed by atoms with Crippen LogP contribution < -0.4 is 0 Å². The van der Waals surface area contributed by atoms with E-state index in [2.05, 4.69) is 18.1 Å². The van der Waals surface area contributed by atoms with Gasteiger partial charge in [0.2, 0.25) is 11.8 Å². The standard InChI is InChI=1S/C28H34N4O3/c1-28(10-14-30(15-11-28)26(33)19-22-6-3-2-4-7-22)27(34)31-16-17-35-21-23(20-31)18-24-8-5-13-32-25(24)9-12-29-32/h2-9,12-13,23H,10-11,14-21H2,1H3. The van der Waals surface area contributed by atoms with Gasteiger partial charge in [-0.05, 0) is 42.5 Å². The van der Waals surface area contributed by atoms with Crippen molar-refractivity contribution in [3.8, 4) is 0 Å². The molecule has 1 unspecified atom stereocenters. The predicted octanol–water partition coefficient (Wildman–Crippen LogP) is 3.22. The van der Waals surface area contributed by atoms with E-state index in [1.165, 1.54) is 5.56 Å². The van der Waals surface area contributed by atoms with Crippen molar-refractivity contribution in [1.82, 2.24) is 19.4 Å². The molecule has 1 aromatic carbocycles. The van der Waals surface area contributed by atoms with E-state index >= 15 is 0 Å².